The Kier molecular flexibility index (Phi) is 1.92. The second-order valence-electron chi connectivity index (χ2n) is 1.92. The van der Waals surface area contributed by atoms with Crippen LogP contribution in [0.4, 0.5) is 0 Å². The van der Waals surface area contributed by atoms with Crippen LogP contribution in [0.5, 0.6) is 0 Å². The van der Waals surface area contributed by atoms with Gasteiger partial charge in [-0.1, -0.05) is 0 Å². The third kappa shape index (κ3) is 1.14. The molecule has 1 aliphatic rings. The third-order valence-electron chi connectivity index (χ3n) is 1.37. The maximum absolute atomic E-state index is 4.00. The molecule has 2 bridgehead atoms. The van der Waals surface area contributed by atoms with Crippen molar-refractivity contribution >= 4 is 11.3 Å². The van der Waals surface area contributed by atoms with Crippen LogP contribution in [0, 0.1) is 12.8 Å². The van der Waals surface area contributed by atoms with Gasteiger partial charge in [-0.3, -0.25) is 0 Å². The maximum Gasteiger partial charge on any atom is 0.00513 e. The zero-order valence-corrected chi connectivity index (χ0v) is 5.95. The van der Waals surface area contributed by atoms with Crippen LogP contribution >= 0.6 is 11.3 Å². The van der Waals surface area contributed by atoms with E-state index in [-0.39, 0.29) is 0 Å². The average molecular weight is 136 g/mol. The molecule has 0 saturated heterocycles. The van der Waals surface area contributed by atoms with Gasteiger partial charge in [-0.25, -0.2) is 0 Å². The molecule has 0 atom stereocenters. The van der Waals surface area contributed by atoms with E-state index in [4.69, 9.17) is 0 Å². The summed E-state index contributed by atoms with van der Waals surface area (Å²) in [6, 6.07) is 2.30. The lowest BCUT2D eigenvalue weighted by Gasteiger charge is -1.87. The highest BCUT2D eigenvalue weighted by molar-refractivity contribution is 7.10. The molecule has 1 aromatic heterocycles. The number of rotatable bonds is 0. The van der Waals surface area contributed by atoms with E-state index in [9.17, 15) is 0 Å². The normalized spacial score (nSPS) is 12.2. The van der Waals surface area contributed by atoms with E-state index in [1.807, 2.05) is 11.3 Å². The highest BCUT2D eigenvalue weighted by atomic mass is 32.1. The van der Waals surface area contributed by atoms with Gasteiger partial charge < -0.3 is 0 Å². The zero-order chi connectivity index (χ0) is 6.69. The molecule has 0 radical (unpaired) electrons. The van der Waals surface area contributed by atoms with Crippen molar-refractivity contribution in [1.82, 2.24) is 0 Å². The minimum absolute atomic E-state index is 1.31. The smallest absolute Gasteiger partial charge is 0.00513 e. The lowest BCUT2D eigenvalue weighted by atomic mass is 10.3. The molecular formula is C8H8S. The molecule has 1 heteroatoms. The van der Waals surface area contributed by atoms with Crippen molar-refractivity contribution in [2.75, 3.05) is 0 Å². The molecule has 0 spiro atoms. The number of fused-ring (bicyclic) bond motifs is 2. The molecule has 2 rings (SSSR count). The lowest BCUT2D eigenvalue weighted by Crippen LogP contribution is -1.77. The minimum atomic E-state index is 1.31. The average Bonchev–Trinajstić information content (AvgIpc) is 2.53. The number of hydrogen-bond donors (Lipinski definition) is 0. The first kappa shape index (κ1) is 6.38. The predicted octanol–water partition coefficient (Wildman–Crippen LogP) is 2.10. The van der Waals surface area contributed by atoms with E-state index in [2.05, 4.69) is 24.3 Å². The first-order valence-electron chi connectivity index (χ1n) is 2.85. The molecule has 1 aliphatic carbocycles. The van der Waals surface area contributed by atoms with Crippen LogP contribution in [0.2, 0.25) is 0 Å². The highest BCUT2D eigenvalue weighted by Crippen LogP contribution is 2.23. The van der Waals surface area contributed by atoms with Crippen LogP contribution in [-0.2, 0) is 12.8 Å². The van der Waals surface area contributed by atoms with Crippen molar-refractivity contribution in [2.45, 2.75) is 12.8 Å². The van der Waals surface area contributed by atoms with Gasteiger partial charge in [-0.2, -0.15) is 0 Å². The van der Waals surface area contributed by atoms with Gasteiger partial charge >= 0.3 is 0 Å². The van der Waals surface area contributed by atoms with E-state index >= 15 is 0 Å². The maximum atomic E-state index is 4.00. The Bertz CT molecular complexity index is 189. The van der Waals surface area contributed by atoms with Crippen molar-refractivity contribution < 1.29 is 0 Å². The fraction of sp³-hybridized carbons (Fsp3) is 0.250. The lowest BCUT2D eigenvalue weighted by molar-refractivity contribution is 1.04. The molecule has 0 aromatic carbocycles. The molecule has 0 fully saturated rings. The molecule has 1 aromatic rings. The van der Waals surface area contributed by atoms with Crippen molar-refractivity contribution in [3.05, 3.63) is 21.9 Å². The quantitative estimate of drug-likeness (QED) is 0.479. The van der Waals surface area contributed by atoms with Crippen molar-refractivity contribution in [3.63, 3.8) is 0 Å². The van der Waals surface area contributed by atoms with Crippen LogP contribution in [0.25, 0.3) is 0 Å². The van der Waals surface area contributed by atoms with Crippen LogP contribution in [0.3, 0.4) is 0 Å². The molecule has 46 valence electrons. The first-order chi connectivity index (χ1) is 4.45. The summed E-state index contributed by atoms with van der Waals surface area (Å²) in [7, 11) is 0. The summed E-state index contributed by atoms with van der Waals surface area (Å²) in [5, 5.41) is 2.25. The number of thiophene rings is 1. The van der Waals surface area contributed by atoms with E-state index in [0.717, 1.165) is 0 Å². The Morgan fingerprint density at radius 1 is 1.33 bits per heavy atom. The predicted molar refractivity (Wildman–Crippen MR) is 41.6 cm³/mol. The number of terminal acetylenes is 1. The summed E-state index contributed by atoms with van der Waals surface area (Å²) in [6.07, 6.45) is 10.6. The van der Waals surface area contributed by atoms with E-state index in [1.165, 1.54) is 12.8 Å². The zero-order valence-electron chi connectivity index (χ0n) is 5.13. The summed E-state index contributed by atoms with van der Waals surface area (Å²) < 4.78 is 0. The molecule has 0 N–H and O–H groups in total. The molecule has 0 amide bonds. The second-order valence-corrected chi connectivity index (χ2v) is 2.92. The fourth-order valence-corrected chi connectivity index (χ4v) is 1.88. The minimum Gasteiger partial charge on any atom is -0.149 e. The Morgan fingerprint density at radius 3 is 2.22 bits per heavy atom. The van der Waals surface area contributed by atoms with Gasteiger partial charge in [0.2, 0.25) is 0 Å². The Labute approximate surface area is 59.5 Å². The Hall–Kier alpha value is -0.740. The van der Waals surface area contributed by atoms with Gasteiger partial charge in [-0.05, 0) is 29.9 Å². The van der Waals surface area contributed by atoms with Crippen LogP contribution in [-0.4, -0.2) is 0 Å². The Balaban J connectivity index is 0.000000186. The van der Waals surface area contributed by atoms with Crippen molar-refractivity contribution in [3.8, 4) is 12.8 Å². The Morgan fingerprint density at radius 2 is 2.11 bits per heavy atom. The SMILES string of the molecule is C#C.c1sc2cc1CC2. The van der Waals surface area contributed by atoms with E-state index in [1.54, 1.807) is 10.4 Å². The summed E-state index contributed by atoms with van der Waals surface area (Å²) in [5.74, 6) is 0. The summed E-state index contributed by atoms with van der Waals surface area (Å²) in [5.41, 5.74) is 1.54. The molecule has 9 heavy (non-hydrogen) atoms. The topological polar surface area (TPSA) is 0 Å². The monoisotopic (exact) mass is 136 g/mol. The molecule has 0 saturated carbocycles. The number of aryl methyl sites for hydroxylation is 2. The van der Waals surface area contributed by atoms with Crippen molar-refractivity contribution in [2.24, 2.45) is 0 Å². The molecule has 0 aliphatic heterocycles. The first-order valence-corrected chi connectivity index (χ1v) is 3.73. The van der Waals surface area contributed by atoms with Crippen LogP contribution < -0.4 is 0 Å². The van der Waals surface area contributed by atoms with Crippen LogP contribution in [0.15, 0.2) is 11.4 Å². The van der Waals surface area contributed by atoms with Gasteiger partial charge in [0, 0.05) is 4.88 Å². The fourth-order valence-electron chi connectivity index (χ4n) is 0.956. The summed E-state index contributed by atoms with van der Waals surface area (Å²) in [4.78, 5) is 1.56. The third-order valence-corrected chi connectivity index (χ3v) is 2.41. The van der Waals surface area contributed by atoms with E-state index < -0.39 is 0 Å². The van der Waals surface area contributed by atoms with Gasteiger partial charge in [0.1, 0.15) is 0 Å². The highest BCUT2D eigenvalue weighted by Gasteiger charge is 2.06. The summed E-state index contributed by atoms with van der Waals surface area (Å²) >= 11 is 1.89. The van der Waals surface area contributed by atoms with Gasteiger partial charge in [0.25, 0.3) is 0 Å². The van der Waals surface area contributed by atoms with Crippen molar-refractivity contribution in [1.29, 1.82) is 0 Å². The number of hydrogen-bond acceptors (Lipinski definition) is 1. The second kappa shape index (κ2) is 2.70. The molecule has 0 unspecified atom stereocenters. The standard InChI is InChI=1S/C6H6S.C2H2/c1-2-6-3-5(1)4-7-6;1-2/h3-4H,1-2H2;1-2H. The molecule has 1 heterocycles. The molecular weight excluding hydrogens is 128 g/mol. The van der Waals surface area contributed by atoms with E-state index in [0.29, 0.717) is 0 Å². The van der Waals surface area contributed by atoms with Gasteiger partial charge in [-0.15, -0.1) is 24.2 Å². The van der Waals surface area contributed by atoms with Gasteiger partial charge in [0.15, 0.2) is 0 Å². The van der Waals surface area contributed by atoms with Crippen LogP contribution in [0.1, 0.15) is 10.4 Å². The molecule has 0 nitrogen and oxygen atoms in total. The summed E-state index contributed by atoms with van der Waals surface area (Å²) in [6.45, 7) is 0. The largest absolute Gasteiger partial charge is 0.149 e. The van der Waals surface area contributed by atoms with Gasteiger partial charge in [0.05, 0.1) is 0 Å².